The van der Waals surface area contributed by atoms with Gasteiger partial charge in [0.05, 0.1) is 0 Å². The summed E-state index contributed by atoms with van der Waals surface area (Å²) in [6.45, 7) is 16.4. The zero-order valence-electron chi connectivity index (χ0n) is 45.7. The molecule has 0 amide bonds. The first-order chi connectivity index (χ1) is 37.4. The molecule has 0 bridgehead atoms. The first kappa shape index (κ1) is 49.5. The summed E-state index contributed by atoms with van der Waals surface area (Å²) in [5, 5.41) is 8.87. The maximum atomic E-state index is 3.87. The van der Waals surface area contributed by atoms with Crippen LogP contribution in [0.3, 0.4) is 0 Å². The van der Waals surface area contributed by atoms with Crippen LogP contribution in [-0.2, 0) is 17.3 Å². The lowest BCUT2D eigenvalue weighted by Crippen LogP contribution is -2.58. The largest absolute Gasteiger partial charge is 0.356 e. The first-order valence-corrected chi connectivity index (χ1v) is 27.8. The Morgan fingerprint density at radius 2 is 0.870 bits per heavy atom. The molecular formula is C74H67BN2. The number of benzene rings is 11. The summed E-state index contributed by atoms with van der Waals surface area (Å²) in [6.07, 6.45) is 3.12. The average Bonchev–Trinajstić information content (AvgIpc) is 3.55. The number of para-hydroxylation sites is 4. The van der Waals surface area contributed by atoms with E-state index in [4.69, 9.17) is 0 Å². The number of rotatable bonds is 11. The number of aryl methyl sites for hydroxylation is 1. The van der Waals surface area contributed by atoms with E-state index in [1.54, 1.807) is 0 Å². The lowest BCUT2D eigenvalue weighted by atomic mass is 9.34. The Labute approximate surface area is 457 Å². The predicted molar refractivity (Wildman–Crippen MR) is 335 cm³/mol. The highest BCUT2D eigenvalue weighted by Crippen LogP contribution is 2.47. The highest BCUT2D eigenvalue weighted by molar-refractivity contribution is 6.99. The van der Waals surface area contributed by atoms with Crippen molar-refractivity contribution in [1.82, 2.24) is 0 Å². The molecule has 11 aromatic rings. The minimum Gasteiger partial charge on any atom is -0.356 e. The highest BCUT2D eigenvalue weighted by Gasteiger charge is 2.38. The molecule has 0 fully saturated rings. The van der Waals surface area contributed by atoms with Crippen molar-refractivity contribution in [1.29, 1.82) is 0 Å². The van der Waals surface area contributed by atoms with Crippen molar-refractivity contribution in [3.8, 4) is 44.5 Å². The van der Waals surface area contributed by atoms with Gasteiger partial charge in [0.1, 0.15) is 0 Å². The molecule has 0 radical (unpaired) electrons. The number of hydrogen-bond acceptors (Lipinski definition) is 2. The van der Waals surface area contributed by atoms with Crippen LogP contribution in [0.25, 0.3) is 66.1 Å². The van der Waals surface area contributed by atoms with Crippen LogP contribution >= 0.6 is 0 Å². The molecule has 1 N–H and O–H groups in total. The molecule has 3 heteroatoms. The molecule has 1 aliphatic heterocycles. The van der Waals surface area contributed by atoms with E-state index in [1.165, 1.54) is 111 Å². The SMILES string of the molecule is CCCCc1cc(-c2cc(-c3cc(C(C)(C)C)cc(C(C)(C)C)c3)cc(-c3c4ccccc4c(-c4ccccc4)c4ccccc34)c2)cc2c1B(c1ccccc1Nc1ccccc1)c1ccccc1N2c1ccccc1. The third-order valence-electron chi connectivity index (χ3n) is 15.9. The van der Waals surface area contributed by atoms with Gasteiger partial charge in [0.2, 0.25) is 6.71 Å². The maximum absolute atomic E-state index is 3.87. The lowest BCUT2D eigenvalue weighted by Gasteiger charge is -2.39. The van der Waals surface area contributed by atoms with Crippen molar-refractivity contribution in [2.45, 2.75) is 78.6 Å². The van der Waals surface area contributed by atoms with Crippen LogP contribution in [0.2, 0.25) is 0 Å². The summed E-state index contributed by atoms with van der Waals surface area (Å²) in [5.74, 6) is 0. The van der Waals surface area contributed by atoms with Gasteiger partial charge in [-0.25, -0.2) is 0 Å². The third kappa shape index (κ3) is 9.44. The minimum absolute atomic E-state index is 0.0341. The molecule has 376 valence electrons. The molecule has 1 heterocycles. The van der Waals surface area contributed by atoms with Crippen LogP contribution in [0.1, 0.15) is 78.0 Å². The fourth-order valence-corrected chi connectivity index (χ4v) is 12.0. The van der Waals surface area contributed by atoms with Crippen LogP contribution in [0.5, 0.6) is 0 Å². The smallest absolute Gasteiger partial charge is 0.249 e. The number of nitrogens with zero attached hydrogens (tertiary/aromatic N) is 1. The number of hydrogen-bond donors (Lipinski definition) is 1. The van der Waals surface area contributed by atoms with Gasteiger partial charge in [-0.3, -0.25) is 0 Å². The maximum Gasteiger partial charge on any atom is 0.249 e. The Morgan fingerprint density at radius 3 is 1.45 bits per heavy atom. The summed E-state index contributed by atoms with van der Waals surface area (Å²) in [5.41, 5.74) is 23.5. The van der Waals surface area contributed by atoms with E-state index in [1.807, 2.05) is 0 Å². The van der Waals surface area contributed by atoms with E-state index in [-0.39, 0.29) is 17.5 Å². The second-order valence-corrected chi connectivity index (χ2v) is 23.2. The van der Waals surface area contributed by atoms with Gasteiger partial charge in [-0.05, 0) is 178 Å². The topological polar surface area (TPSA) is 15.3 Å². The molecular weight excluding hydrogens is 928 g/mol. The van der Waals surface area contributed by atoms with Gasteiger partial charge in [0.15, 0.2) is 0 Å². The quantitative estimate of drug-likeness (QED) is 0.103. The van der Waals surface area contributed by atoms with Gasteiger partial charge in [-0.15, -0.1) is 0 Å². The summed E-state index contributed by atoms with van der Waals surface area (Å²) in [4.78, 5) is 2.55. The summed E-state index contributed by atoms with van der Waals surface area (Å²) in [7, 11) is 0. The monoisotopic (exact) mass is 995 g/mol. The molecule has 0 aromatic heterocycles. The molecule has 0 spiro atoms. The molecule has 12 rings (SSSR count). The van der Waals surface area contributed by atoms with Gasteiger partial charge >= 0.3 is 0 Å². The standard InChI is InChI=1S/C74H67BN2/c1-8-9-27-51-42-54(48-69-72(51)75(65-38-23-25-40-67(65)76-59-30-15-11-16-31-59)66-39-24-26-41-68(66)77(69)60-32-17-12-18-33-60)52-43-53(55-46-57(73(2,3)4)49-58(47-55)74(5,6)7)45-56(44-52)71-63-36-21-19-34-61(63)70(50-28-13-10-14-29-50)62-35-20-22-37-64(62)71/h10-26,28-49,76H,8-9,27H2,1-7H3. The molecule has 77 heavy (non-hydrogen) atoms. The first-order valence-electron chi connectivity index (χ1n) is 27.8. The van der Waals surface area contributed by atoms with Gasteiger partial charge < -0.3 is 10.2 Å². The molecule has 2 nitrogen and oxygen atoms in total. The molecule has 0 unspecified atom stereocenters. The predicted octanol–water partition coefficient (Wildman–Crippen LogP) is 18.6. The Bertz CT molecular complexity index is 3860. The van der Waals surface area contributed by atoms with Crippen molar-refractivity contribution < 1.29 is 0 Å². The molecule has 1 aliphatic rings. The van der Waals surface area contributed by atoms with E-state index in [0.717, 1.165) is 36.3 Å². The third-order valence-corrected chi connectivity index (χ3v) is 15.9. The van der Waals surface area contributed by atoms with Gasteiger partial charge in [-0.1, -0.05) is 236 Å². The fourth-order valence-electron chi connectivity index (χ4n) is 12.0. The molecule has 0 saturated carbocycles. The normalized spacial score (nSPS) is 12.5. The number of nitrogens with one attached hydrogen (secondary N) is 1. The second-order valence-electron chi connectivity index (χ2n) is 23.2. The summed E-state index contributed by atoms with van der Waals surface area (Å²) >= 11 is 0. The van der Waals surface area contributed by atoms with E-state index >= 15 is 0 Å². The van der Waals surface area contributed by atoms with Crippen molar-refractivity contribution in [2.75, 3.05) is 10.2 Å². The Balaban J connectivity index is 1.17. The van der Waals surface area contributed by atoms with Crippen LogP contribution in [0.15, 0.2) is 237 Å². The van der Waals surface area contributed by atoms with Crippen molar-refractivity contribution in [2.24, 2.45) is 0 Å². The second kappa shape index (κ2) is 20.3. The number of fused-ring (bicyclic) bond motifs is 4. The van der Waals surface area contributed by atoms with E-state index in [0.29, 0.717) is 0 Å². The minimum atomic E-state index is -0.0498. The van der Waals surface area contributed by atoms with Crippen molar-refractivity contribution in [3.63, 3.8) is 0 Å². The van der Waals surface area contributed by atoms with E-state index in [2.05, 4.69) is 295 Å². The summed E-state index contributed by atoms with van der Waals surface area (Å²) in [6, 6.07) is 88.8. The summed E-state index contributed by atoms with van der Waals surface area (Å²) < 4.78 is 0. The molecule has 0 saturated heterocycles. The van der Waals surface area contributed by atoms with E-state index < -0.39 is 0 Å². The Morgan fingerprint density at radius 1 is 0.403 bits per heavy atom. The Kier molecular flexibility index (Phi) is 13.0. The van der Waals surface area contributed by atoms with Crippen LogP contribution in [0, 0.1) is 0 Å². The molecule has 0 aliphatic carbocycles. The van der Waals surface area contributed by atoms with Gasteiger partial charge in [-0.2, -0.15) is 0 Å². The zero-order valence-corrected chi connectivity index (χ0v) is 45.7. The van der Waals surface area contributed by atoms with Gasteiger partial charge in [0, 0.05) is 28.4 Å². The van der Waals surface area contributed by atoms with Crippen LogP contribution in [0.4, 0.5) is 28.4 Å². The lowest BCUT2D eigenvalue weighted by molar-refractivity contribution is 0.569. The molecule has 11 aromatic carbocycles. The average molecular weight is 995 g/mol. The molecule has 0 atom stereocenters. The Hall–Kier alpha value is -8.40. The number of anilines is 5. The van der Waals surface area contributed by atoms with Crippen LogP contribution < -0.4 is 26.6 Å². The van der Waals surface area contributed by atoms with Gasteiger partial charge in [0.25, 0.3) is 0 Å². The van der Waals surface area contributed by atoms with Crippen molar-refractivity contribution in [3.05, 3.63) is 253 Å². The number of unbranched alkanes of at least 4 members (excludes halogenated alkanes) is 1. The van der Waals surface area contributed by atoms with Crippen LogP contribution in [-0.4, -0.2) is 6.71 Å². The van der Waals surface area contributed by atoms with E-state index in [9.17, 15) is 0 Å². The van der Waals surface area contributed by atoms with Crippen molar-refractivity contribution >= 4 is 73.1 Å². The fraction of sp³-hybridized carbons (Fsp3) is 0.162. The zero-order chi connectivity index (χ0) is 52.8. The highest BCUT2D eigenvalue weighted by atomic mass is 15.1.